The van der Waals surface area contributed by atoms with Crippen molar-refractivity contribution in [3.63, 3.8) is 0 Å². The fraction of sp³-hybridized carbons (Fsp3) is 0.727. The standard InChI is InChI=1S/C22H36N2O9S/c1-14(28)7-5-3-4-6-8-19(30)17(11-26)24-22(33)16(10-25)9-20(31)18(12-27)23-21(32)13-34-15(2)29/h16-18,25-27H,3-13H2,1-2H3,(H,23,32)(H,24,33)/t16-,17-,18-/m1/s1. The minimum atomic E-state index is -1.32. The molecule has 5 N–H and O–H groups in total. The molecule has 0 radical (unpaired) electrons. The first-order valence-corrected chi connectivity index (χ1v) is 12.1. The van der Waals surface area contributed by atoms with Crippen molar-refractivity contribution in [1.29, 1.82) is 0 Å². The third kappa shape index (κ3) is 14.2. The van der Waals surface area contributed by atoms with Gasteiger partial charge in [0.25, 0.3) is 0 Å². The van der Waals surface area contributed by atoms with E-state index in [1.807, 2.05) is 0 Å². The normalized spacial score (nSPS) is 13.4. The Bertz CT molecular complexity index is 714. The molecule has 0 fully saturated rings. The molecule has 0 bridgehead atoms. The van der Waals surface area contributed by atoms with E-state index in [9.17, 15) is 44.1 Å². The molecule has 0 aliphatic rings. The van der Waals surface area contributed by atoms with Crippen LogP contribution in [0.15, 0.2) is 0 Å². The summed E-state index contributed by atoms with van der Waals surface area (Å²) in [7, 11) is 0. The highest BCUT2D eigenvalue weighted by Gasteiger charge is 2.29. The van der Waals surface area contributed by atoms with Crippen LogP contribution >= 0.6 is 11.8 Å². The molecule has 0 aromatic heterocycles. The third-order valence-corrected chi connectivity index (χ3v) is 5.75. The molecular formula is C22H36N2O9S. The van der Waals surface area contributed by atoms with Crippen molar-refractivity contribution in [2.45, 2.75) is 70.9 Å². The van der Waals surface area contributed by atoms with Crippen LogP contribution in [-0.2, 0) is 28.8 Å². The van der Waals surface area contributed by atoms with Gasteiger partial charge >= 0.3 is 0 Å². The van der Waals surface area contributed by atoms with Crippen LogP contribution in [0.2, 0.25) is 0 Å². The SMILES string of the molecule is CC(=O)CCCCCCC(=O)[C@@H](CO)NC(=O)[C@@H](CO)CC(=O)[C@@H](CO)NC(=O)CSC(C)=O. The monoisotopic (exact) mass is 504 g/mol. The van der Waals surface area contributed by atoms with Crippen LogP contribution in [0.25, 0.3) is 0 Å². The number of nitrogens with one attached hydrogen (secondary N) is 2. The Kier molecular flexibility index (Phi) is 17.1. The zero-order valence-corrected chi connectivity index (χ0v) is 20.5. The van der Waals surface area contributed by atoms with Gasteiger partial charge in [0.15, 0.2) is 16.7 Å². The Hall–Kier alpha value is -2.15. The van der Waals surface area contributed by atoms with Crippen molar-refractivity contribution in [3.8, 4) is 0 Å². The van der Waals surface area contributed by atoms with Crippen LogP contribution in [0.1, 0.15) is 58.8 Å². The van der Waals surface area contributed by atoms with Crippen molar-refractivity contribution in [1.82, 2.24) is 10.6 Å². The number of amides is 2. The van der Waals surface area contributed by atoms with E-state index in [0.29, 0.717) is 12.8 Å². The van der Waals surface area contributed by atoms with Gasteiger partial charge in [-0.05, 0) is 19.8 Å². The van der Waals surface area contributed by atoms with Crippen molar-refractivity contribution in [2.75, 3.05) is 25.6 Å². The van der Waals surface area contributed by atoms with Gasteiger partial charge in [0, 0.05) is 26.2 Å². The number of aliphatic hydroxyl groups excluding tert-OH is 3. The molecule has 0 rings (SSSR count). The van der Waals surface area contributed by atoms with Crippen molar-refractivity contribution >= 4 is 46.0 Å². The summed E-state index contributed by atoms with van der Waals surface area (Å²) < 4.78 is 0. The Balaban J connectivity index is 4.70. The molecule has 0 saturated heterocycles. The fourth-order valence-corrected chi connectivity index (χ4v) is 3.39. The molecule has 0 spiro atoms. The molecule has 0 unspecified atom stereocenters. The second-order valence-electron chi connectivity index (χ2n) is 7.96. The number of thioether (sulfide) groups is 1. The molecule has 0 aliphatic heterocycles. The van der Waals surface area contributed by atoms with Crippen molar-refractivity contribution in [3.05, 3.63) is 0 Å². The van der Waals surface area contributed by atoms with Gasteiger partial charge in [0.1, 0.15) is 17.9 Å². The first-order valence-electron chi connectivity index (χ1n) is 11.2. The molecule has 12 heteroatoms. The van der Waals surface area contributed by atoms with E-state index in [4.69, 9.17) is 0 Å². The lowest BCUT2D eigenvalue weighted by Crippen LogP contribution is -2.49. The topological polar surface area (TPSA) is 187 Å². The van der Waals surface area contributed by atoms with Crippen molar-refractivity contribution < 1.29 is 44.1 Å². The number of unbranched alkanes of at least 4 members (excludes halogenated alkanes) is 3. The number of hydrogen-bond acceptors (Lipinski definition) is 10. The highest BCUT2D eigenvalue weighted by molar-refractivity contribution is 8.14. The molecule has 0 heterocycles. The molecule has 0 saturated carbocycles. The Morgan fingerprint density at radius 1 is 0.735 bits per heavy atom. The summed E-state index contributed by atoms with van der Waals surface area (Å²) >= 11 is 0.732. The number of carbonyl (C=O) groups excluding carboxylic acids is 6. The summed E-state index contributed by atoms with van der Waals surface area (Å²) in [4.78, 5) is 70.8. The van der Waals surface area contributed by atoms with Gasteiger partial charge in [0.2, 0.25) is 11.8 Å². The van der Waals surface area contributed by atoms with E-state index in [1.54, 1.807) is 0 Å². The molecule has 194 valence electrons. The molecular weight excluding hydrogens is 468 g/mol. The van der Waals surface area contributed by atoms with Gasteiger partial charge in [-0.15, -0.1) is 0 Å². The third-order valence-electron chi connectivity index (χ3n) is 4.94. The van der Waals surface area contributed by atoms with Crippen LogP contribution in [0, 0.1) is 5.92 Å². The highest BCUT2D eigenvalue weighted by atomic mass is 32.2. The maximum Gasteiger partial charge on any atom is 0.231 e. The Morgan fingerprint density at radius 3 is 1.79 bits per heavy atom. The number of rotatable bonds is 19. The van der Waals surface area contributed by atoms with Crippen LogP contribution in [0.5, 0.6) is 0 Å². The largest absolute Gasteiger partial charge is 0.396 e. The van der Waals surface area contributed by atoms with E-state index >= 15 is 0 Å². The minimum absolute atomic E-state index is 0.107. The number of ketones is 3. The Morgan fingerprint density at radius 2 is 1.29 bits per heavy atom. The highest BCUT2D eigenvalue weighted by Crippen LogP contribution is 2.10. The van der Waals surface area contributed by atoms with Crippen LogP contribution in [-0.4, -0.2) is 87.3 Å². The lowest BCUT2D eigenvalue weighted by atomic mass is 9.97. The van der Waals surface area contributed by atoms with E-state index in [2.05, 4.69) is 10.6 Å². The van der Waals surface area contributed by atoms with E-state index in [0.717, 1.165) is 31.0 Å². The number of aliphatic hydroxyl groups is 3. The Labute approximate surface area is 203 Å². The average molecular weight is 505 g/mol. The second kappa shape index (κ2) is 18.2. The predicted octanol–water partition coefficient (Wildman–Crippen LogP) is -0.713. The van der Waals surface area contributed by atoms with Gasteiger partial charge in [-0.3, -0.25) is 24.0 Å². The summed E-state index contributed by atoms with van der Waals surface area (Å²) in [5.74, 6) is -3.96. The first kappa shape index (κ1) is 31.9. The zero-order chi connectivity index (χ0) is 26.1. The maximum atomic E-state index is 12.5. The quantitative estimate of drug-likeness (QED) is 0.141. The lowest BCUT2D eigenvalue weighted by molar-refractivity contribution is -0.135. The number of carbonyl (C=O) groups is 6. The molecule has 0 aromatic rings. The summed E-state index contributed by atoms with van der Waals surface area (Å²) in [5.41, 5.74) is 0. The molecule has 0 aliphatic carbocycles. The van der Waals surface area contributed by atoms with E-state index in [-0.39, 0.29) is 23.1 Å². The average Bonchev–Trinajstić information content (AvgIpc) is 2.79. The summed E-state index contributed by atoms with van der Waals surface area (Å²) in [6.07, 6.45) is 2.86. The molecule has 11 nitrogen and oxygen atoms in total. The van der Waals surface area contributed by atoms with Crippen LogP contribution in [0.3, 0.4) is 0 Å². The van der Waals surface area contributed by atoms with Gasteiger partial charge in [0.05, 0.1) is 31.5 Å². The summed E-state index contributed by atoms with van der Waals surface area (Å²) in [6.45, 7) is 0.676. The molecule has 2 amide bonds. The maximum absolute atomic E-state index is 12.5. The number of hydrogen-bond donors (Lipinski definition) is 5. The zero-order valence-electron chi connectivity index (χ0n) is 19.7. The lowest BCUT2D eigenvalue weighted by Gasteiger charge is -2.21. The van der Waals surface area contributed by atoms with E-state index in [1.165, 1.54) is 13.8 Å². The van der Waals surface area contributed by atoms with Crippen LogP contribution in [0.4, 0.5) is 0 Å². The second-order valence-corrected chi connectivity index (χ2v) is 9.11. The first-order chi connectivity index (χ1) is 16.0. The molecule has 3 atom stereocenters. The van der Waals surface area contributed by atoms with E-state index < -0.39 is 67.6 Å². The van der Waals surface area contributed by atoms with Gasteiger partial charge in [-0.2, -0.15) is 0 Å². The van der Waals surface area contributed by atoms with Gasteiger partial charge in [-0.1, -0.05) is 24.6 Å². The van der Waals surface area contributed by atoms with Crippen molar-refractivity contribution in [2.24, 2.45) is 5.92 Å². The van der Waals surface area contributed by atoms with Gasteiger partial charge < -0.3 is 30.7 Å². The fourth-order valence-electron chi connectivity index (χ4n) is 2.97. The molecule has 34 heavy (non-hydrogen) atoms. The number of Topliss-reactive ketones (excluding diaryl/α,β-unsaturated/α-hetero) is 3. The van der Waals surface area contributed by atoms with Crippen LogP contribution < -0.4 is 10.6 Å². The predicted molar refractivity (Wildman–Crippen MR) is 125 cm³/mol. The van der Waals surface area contributed by atoms with Gasteiger partial charge in [-0.25, -0.2) is 0 Å². The minimum Gasteiger partial charge on any atom is -0.396 e. The smallest absolute Gasteiger partial charge is 0.231 e. The summed E-state index contributed by atoms with van der Waals surface area (Å²) in [5, 5.41) is 32.7. The molecule has 0 aromatic carbocycles. The summed E-state index contributed by atoms with van der Waals surface area (Å²) in [6, 6.07) is -2.51.